The van der Waals surface area contributed by atoms with Crippen LogP contribution in [0.4, 0.5) is 0 Å². The third-order valence-electron chi connectivity index (χ3n) is 3.20. The summed E-state index contributed by atoms with van der Waals surface area (Å²) in [6.45, 7) is 0. The number of carbonyl (C=O) groups is 1. The van der Waals surface area contributed by atoms with Crippen LogP contribution in [-0.4, -0.2) is 20.6 Å². The molecule has 0 aliphatic carbocycles. The summed E-state index contributed by atoms with van der Waals surface area (Å²) in [7, 11) is 1.80. The van der Waals surface area contributed by atoms with Crippen LogP contribution in [0.5, 0.6) is 0 Å². The van der Waals surface area contributed by atoms with Crippen LogP contribution in [-0.2, 0) is 7.05 Å². The second-order valence-electron chi connectivity index (χ2n) is 4.30. The molecule has 94 valence electrons. The maximum absolute atomic E-state index is 12.4. The molecule has 1 N–H and O–H groups in total. The number of hydrogen-bond acceptors (Lipinski definition) is 3. The molecule has 0 saturated carbocycles. The van der Waals surface area contributed by atoms with Crippen molar-refractivity contribution < 1.29 is 9.90 Å². The largest absolute Gasteiger partial charge is 0.478 e. The van der Waals surface area contributed by atoms with Gasteiger partial charge in [-0.05, 0) is 30.3 Å². The fourth-order valence-corrected chi connectivity index (χ4v) is 2.24. The molecule has 0 atom stereocenters. The first-order valence-corrected chi connectivity index (χ1v) is 5.70. The number of hydrogen-bond donors (Lipinski definition) is 1. The Hall–Kier alpha value is -2.69. The molecule has 0 saturated heterocycles. The van der Waals surface area contributed by atoms with Gasteiger partial charge in [0.1, 0.15) is 5.65 Å². The molecule has 5 heteroatoms. The second kappa shape index (κ2) is 3.91. The van der Waals surface area contributed by atoms with Gasteiger partial charge in [-0.1, -0.05) is 0 Å². The zero-order valence-corrected chi connectivity index (χ0v) is 10.1. The van der Waals surface area contributed by atoms with Gasteiger partial charge in [0, 0.05) is 18.6 Å². The molecule has 0 aliphatic heterocycles. The first-order valence-electron chi connectivity index (χ1n) is 5.70. The summed E-state index contributed by atoms with van der Waals surface area (Å²) in [5, 5.41) is 9.87. The summed E-state index contributed by atoms with van der Waals surface area (Å²) < 4.78 is 1.79. The predicted molar refractivity (Wildman–Crippen MR) is 71.4 cm³/mol. The Bertz CT molecular complexity index is 881. The van der Waals surface area contributed by atoms with Gasteiger partial charge in [0.2, 0.25) is 0 Å². The van der Waals surface area contributed by atoms with Crippen LogP contribution in [0.2, 0.25) is 0 Å². The second-order valence-corrected chi connectivity index (χ2v) is 4.30. The normalized spacial score (nSPS) is 11.0. The highest BCUT2D eigenvalue weighted by atomic mass is 16.4. The van der Waals surface area contributed by atoms with E-state index >= 15 is 0 Å². The lowest BCUT2D eigenvalue weighted by atomic mass is 10.1. The van der Waals surface area contributed by atoms with Crippen molar-refractivity contribution in [2.45, 2.75) is 0 Å². The van der Waals surface area contributed by atoms with Crippen molar-refractivity contribution in [3.8, 4) is 0 Å². The highest BCUT2D eigenvalue weighted by Gasteiger charge is 2.11. The molecule has 2 heterocycles. The van der Waals surface area contributed by atoms with Crippen LogP contribution in [0.15, 0.2) is 41.3 Å². The first-order chi connectivity index (χ1) is 9.09. The summed E-state index contributed by atoms with van der Waals surface area (Å²) in [6.07, 6.45) is 1.62. The molecular formula is C14H10N2O3. The maximum Gasteiger partial charge on any atom is 0.335 e. The minimum atomic E-state index is -1.05. The van der Waals surface area contributed by atoms with Gasteiger partial charge in [0.05, 0.1) is 16.5 Å². The van der Waals surface area contributed by atoms with Crippen LogP contribution in [0.25, 0.3) is 21.9 Å². The first kappa shape index (κ1) is 11.4. The topological polar surface area (TPSA) is 72.2 Å². The van der Waals surface area contributed by atoms with Gasteiger partial charge < -0.3 is 9.67 Å². The summed E-state index contributed by atoms with van der Waals surface area (Å²) in [5.74, 6) is -1.05. The van der Waals surface area contributed by atoms with Crippen LogP contribution >= 0.6 is 0 Å². The number of aromatic carboxylic acids is 1. The summed E-state index contributed by atoms with van der Waals surface area (Å²) in [4.78, 5) is 27.5. The van der Waals surface area contributed by atoms with E-state index in [9.17, 15) is 9.59 Å². The van der Waals surface area contributed by atoms with E-state index in [1.165, 1.54) is 12.1 Å². The van der Waals surface area contributed by atoms with E-state index < -0.39 is 5.97 Å². The molecule has 0 aliphatic rings. The van der Waals surface area contributed by atoms with Gasteiger partial charge in [-0.2, -0.15) is 0 Å². The van der Waals surface area contributed by atoms with E-state index in [4.69, 9.17) is 5.11 Å². The van der Waals surface area contributed by atoms with Crippen molar-refractivity contribution in [1.82, 2.24) is 9.55 Å². The monoisotopic (exact) mass is 254 g/mol. The van der Waals surface area contributed by atoms with Gasteiger partial charge in [0.15, 0.2) is 5.43 Å². The van der Waals surface area contributed by atoms with E-state index in [1.807, 2.05) is 0 Å². The Morgan fingerprint density at radius 3 is 2.79 bits per heavy atom. The number of aromatic nitrogens is 2. The number of benzene rings is 1. The lowest BCUT2D eigenvalue weighted by molar-refractivity contribution is 0.0697. The van der Waals surface area contributed by atoms with Crippen LogP contribution in [0, 0.1) is 0 Å². The highest BCUT2D eigenvalue weighted by molar-refractivity contribution is 5.97. The molecule has 19 heavy (non-hydrogen) atoms. The number of carboxylic acids is 1. The smallest absolute Gasteiger partial charge is 0.335 e. The molecular weight excluding hydrogens is 244 g/mol. The van der Waals surface area contributed by atoms with Crippen molar-refractivity contribution in [1.29, 1.82) is 0 Å². The molecule has 0 bridgehead atoms. The lowest BCUT2D eigenvalue weighted by Crippen LogP contribution is -2.11. The highest BCUT2D eigenvalue weighted by Crippen LogP contribution is 2.17. The zero-order chi connectivity index (χ0) is 13.6. The molecule has 0 unspecified atom stereocenters. The Labute approximate surface area is 107 Å². The fourth-order valence-electron chi connectivity index (χ4n) is 2.24. The number of pyridine rings is 2. The SMILES string of the molecule is Cn1c2ccc(C(=O)O)cc2c(=O)c2cccnc21. The fraction of sp³-hybridized carbons (Fsp3) is 0.0714. The van der Waals surface area contributed by atoms with Gasteiger partial charge in [-0.15, -0.1) is 0 Å². The Kier molecular flexibility index (Phi) is 2.35. The average Bonchev–Trinajstić information content (AvgIpc) is 2.44. The van der Waals surface area contributed by atoms with Crippen molar-refractivity contribution in [2.75, 3.05) is 0 Å². The Morgan fingerprint density at radius 1 is 1.26 bits per heavy atom. The summed E-state index contributed by atoms with van der Waals surface area (Å²) in [6, 6.07) is 7.91. The van der Waals surface area contributed by atoms with Gasteiger partial charge in [0.25, 0.3) is 0 Å². The van der Waals surface area contributed by atoms with Crippen molar-refractivity contribution in [3.63, 3.8) is 0 Å². The van der Waals surface area contributed by atoms with E-state index in [-0.39, 0.29) is 11.0 Å². The summed E-state index contributed by atoms with van der Waals surface area (Å²) >= 11 is 0. The zero-order valence-electron chi connectivity index (χ0n) is 10.1. The molecule has 3 aromatic rings. The maximum atomic E-state index is 12.4. The number of fused-ring (bicyclic) bond motifs is 2. The molecule has 0 radical (unpaired) electrons. The van der Waals surface area contributed by atoms with Gasteiger partial charge in [-0.25, -0.2) is 9.78 Å². The van der Waals surface area contributed by atoms with E-state index in [0.29, 0.717) is 21.9 Å². The Morgan fingerprint density at radius 2 is 2.05 bits per heavy atom. The third kappa shape index (κ3) is 1.59. The minimum absolute atomic E-state index is 0.104. The average molecular weight is 254 g/mol. The number of nitrogens with zero attached hydrogens (tertiary/aromatic N) is 2. The van der Waals surface area contributed by atoms with Gasteiger partial charge >= 0.3 is 5.97 Å². The third-order valence-corrected chi connectivity index (χ3v) is 3.20. The standard InChI is InChI=1S/C14H10N2O3/c1-16-11-5-4-8(14(18)19)7-10(11)12(17)9-3-2-6-15-13(9)16/h2-7H,1H3,(H,18,19). The van der Waals surface area contributed by atoms with Crippen LogP contribution < -0.4 is 5.43 Å². The number of carboxylic acid groups (broad SMARTS) is 1. The minimum Gasteiger partial charge on any atom is -0.478 e. The van der Waals surface area contributed by atoms with E-state index in [2.05, 4.69) is 4.98 Å². The predicted octanol–water partition coefficient (Wildman–Crippen LogP) is 1.78. The number of aryl methyl sites for hydroxylation is 1. The van der Waals surface area contributed by atoms with Crippen molar-refractivity contribution in [2.24, 2.45) is 7.05 Å². The molecule has 5 nitrogen and oxygen atoms in total. The van der Waals surface area contributed by atoms with Gasteiger partial charge in [-0.3, -0.25) is 4.79 Å². The van der Waals surface area contributed by atoms with E-state index in [0.717, 1.165) is 0 Å². The van der Waals surface area contributed by atoms with Crippen molar-refractivity contribution >= 4 is 27.9 Å². The summed E-state index contributed by atoms with van der Waals surface area (Å²) in [5.41, 5.74) is 1.16. The van der Waals surface area contributed by atoms with Crippen LogP contribution in [0.3, 0.4) is 0 Å². The molecule has 0 amide bonds. The quantitative estimate of drug-likeness (QED) is 0.672. The molecule has 0 fully saturated rings. The lowest BCUT2D eigenvalue weighted by Gasteiger charge is -2.09. The Balaban J connectivity index is 2.56. The molecule has 2 aromatic heterocycles. The van der Waals surface area contributed by atoms with E-state index in [1.54, 1.807) is 36.0 Å². The number of rotatable bonds is 1. The molecule has 1 aromatic carbocycles. The van der Waals surface area contributed by atoms with Crippen LogP contribution in [0.1, 0.15) is 10.4 Å². The van der Waals surface area contributed by atoms with Crippen molar-refractivity contribution in [3.05, 3.63) is 52.3 Å². The molecule has 3 rings (SSSR count). The molecule has 0 spiro atoms.